The summed E-state index contributed by atoms with van der Waals surface area (Å²) in [7, 11) is -3.35. The number of sulfone groups is 1. The smallest absolute Gasteiger partial charge is 0.238 e. The third-order valence-electron chi connectivity index (χ3n) is 4.36. The minimum atomic E-state index is -3.35. The van der Waals surface area contributed by atoms with E-state index in [9.17, 15) is 13.2 Å². The van der Waals surface area contributed by atoms with Gasteiger partial charge in [0.25, 0.3) is 0 Å². The molecule has 1 saturated carbocycles. The summed E-state index contributed by atoms with van der Waals surface area (Å²) in [5, 5.41) is 1.81. The Hall–Kier alpha value is -0.880. The lowest BCUT2D eigenvalue weighted by Crippen LogP contribution is -2.48. The van der Waals surface area contributed by atoms with Gasteiger partial charge in [0.05, 0.1) is 0 Å². The molecule has 4 nitrogen and oxygen atoms in total. The van der Waals surface area contributed by atoms with Crippen LogP contribution in [0.5, 0.6) is 0 Å². The number of halogens is 1. The molecular weight excluding hydrogens is 354 g/mol. The molecule has 6 heteroatoms. The Bertz CT molecular complexity index is 638. The molecule has 0 bridgehead atoms. The summed E-state index contributed by atoms with van der Waals surface area (Å²) in [5.41, 5.74) is 1.13. The average molecular weight is 374 g/mol. The third-order valence-corrected chi connectivity index (χ3v) is 6.35. The van der Waals surface area contributed by atoms with E-state index in [1.54, 1.807) is 0 Å². The second kappa shape index (κ2) is 6.08. The summed E-state index contributed by atoms with van der Waals surface area (Å²) in [6.45, 7) is 1.92. The fourth-order valence-corrected chi connectivity index (χ4v) is 3.46. The summed E-state index contributed by atoms with van der Waals surface area (Å²) < 4.78 is 23.9. The van der Waals surface area contributed by atoms with Crippen molar-refractivity contribution in [2.24, 2.45) is 0 Å². The van der Waals surface area contributed by atoms with Crippen LogP contribution in [0.15, 0.2) is 28.7 Å². The maximum absolute atomic E-state index is 12.0. The first-order chi connectivity index (χ1) is 9.74. The first-order valence-electron chi connectivity index (χ1n) is 6.97. The lowest BCUT2D eigenvalue weighted by atomic mass is 9.64. The van der Waals surface area contributed by atoms with Crippen molar-refractivity contribution in [3.8, 4) is 0 Å². The number of benzene rings is 1. The summed E-state index contributed by atoms with van der Waals surface area (Å²) >= 11 is 3.47. The molecule has 1 aliphatic carbocycles. The van der Waals surface area contributed by atoms with Crippen molar-refractivity contribution in [1.29, 1.82) is 0 Å². The highest BCUT2D eigenvalue weighted by Gasteiger charge is 2.39. The van der Waals surface area contributed by atoms with Gasteiger partial charge in [-0.3, -0.25) is 4.79 Å². The van der Waals surface area contributed by atoms with Crippen molar-refractivity contribution in [3.63, 3.8) is 0 Å². The molecule has 1 unspecified atom stereocenters. The van der Waals surface area contributed by atoms with Crippen molar-refractivity contribution in [2.45, 2.75) is 36.9 Å². The van der Waals surface area contributed by atoms with Crippen LogP contribution < -0.4 is 5.32 Å². The maximum atomic E-state index is 12.0. The van der Waals surface area contributed by atoms with Crippen LogP contribution in [0.2, 0.25) is 0 Å². The van der Waals surface area contributed by atoms with E-state index < -0.39 is 21.0 Å². The fourth-order valence-electron chi connectivity index (χ4n) is 2.58. The Morgan fingerprint density at radius 2 is 2.10 bits per heavy atom. The molecule has 0 spiro atoms. The number of rotatable bonds is 5. The lowest BCUT2D eigenvalue weighted by molar-refractivity contribution is -0.120. The highest BCUT2D eigenvalue weighted by Crippen LogP contribution is 2.43. The maximum Gasteiger partial charge on any atom is 0.238 e. The van der Waals surface area contributed by atoms with Crippen LogP contribution in [0.25, 0.3) is 0 Å². The molecular formula is C15H20BrNO3S. The van der Waals surface area contributed by atoms with Crippen LogP contribution in [0.1, 0.15) is 31.7 Å². The molecule has 1 amide bonds. The number of hydrogen-bond donors (Lipinski definition) is 1. The molecule has 1 aliphatic rings. The second-order valence-corrected chi connectivity index (χ2v) is 9.12. The van der Waals surface area contributed by atoms with Gasteiger partial charge < -0.3 is 5.32 Å². The van der Waals surface area contributed by atoms with Crippen molar-refractivity contribution < 1.29 is 13.2 Å². The molecule has 21 heavy (non-hydrogen) atoms. The van der Waals surface area contributed by atoms with Gasteiger partial charge in [0, 0.05) is 22.7 Å². The van der Waals surface area contributed by atoms with Crippen molar-refractivity contribution in [2.75, 3.05) is 12.8 Å². The van der Waals surface area contributed by atoms with Crippen LogP contribution in [-0.2, 0) is 20.0 Å². The normalized spacial score (nSPS) is 18.6. The zero-order valence-electron chi connectivity index (χ0n) is 12.2. The standard InChI is InChI=1S/C15H20BrNO3S/c1-11(21(2,19)20)14(18)17-10-15(7-4-8-15)12-5-3-6-13(16)9-12/h3,5-6,9,11H,4,7-8,10H2,1-2H3,(H,17,18). The van der Waals surface area contributed by atoms with Gasteiger partial charge in [-0.15, -0.1) is 0 Å². The summed E-state index contributed by atoms with van der Waals surface area (Å²) in [4.78, 5) is 12.0. The predicted octanol–water partition coefficient (Wildman–Crippen LogP) is 2.42. The van der Waals surface area contributed by atoms with E-state index in [2.05, 4.69) is 33.4 Å². The van der Waals surface area contributed by atoms with Crippen LogP contribution in [0.3, 0.4) is 0 Å². The number of carbonyl (C=O) groups excluding carboxylic acids is 1. The summed E-state index contributed by atoms with van der Waals surface area (Å²) in [5.74, 6) is -0.418. The highest BCUT2D eigenvalue weighted by molar-refractivity contribution is 9.10. The quantitative estimate of drug-likeness (QED) is 0.861. The molecule has 0 saturated heterocycles. The highest BCUT2D eigenvalue weighted by atomic mass is 79.9. The molecule has 116 valence electrons. The van der Waals surface area contributed by atoms with E-state index in [4.69, 9.17) is 0 Å². The topological polar surface area (TPSA) is 63.2 Å². The van der Waals surface area contributed by atoms with Crippen molar-refractivity contribution in [1.82, 2.24) is 5.32 Å². The van der Waals surface area contributed by atoms with Crippen molar-refractivity contribution in [3.05, 3.63) is 34.3 Å². The Morgan fingerprint density at radius 3 is 2.57 bits per heavy atom. The van der Waals surface area contributed by atoms with Gasteiger partial charge in [0.2, 0.25) is 5.91 Å². The average Bonchev–Trinajstić information content (AvgIpc) is 2.35. The predicted molar refractivity (Wildman–Crippen MR) is 87.0 cm³/mol. The van der Waals surface area contributed by atoms with Crippen LogP contribution in [0.4, 0.5) is 0 Å². The Labute approximate surface area is 134 Å². The minimum absolute atomic E-state index is 0.0589. The number of amides is 1. The van der Waals surface area contributed by atoms with Gasteiger partial charge in [-0.05, 0) is 37.5 Å². The Morgan fingerprint density at radius 1 is 1.43 bits per heavy atom. The lowest BCUT2D eigenvalue weighted by Gasteiger charge is -2.43. The SMILES string of the molecule is CC(C(=O)NCC1(c2cccc(Br)c2)CCC1)S(C)(=O)=O. The molecule has 0 aliphatic heterocycles. The first kappa shape index (κ1) is 16.5. The van der Waals surface area contributed by atoms with Gasteiger partial charge in [0.15, 0.2) is 9.84 Å². The van der Waals surface area contributed by atoms with Crippen LogP contribution in [-0.4, -0.2) is 32.4 Å². The van der Waals surface area contributed by atoms with Gasteiger partial charge >= 0.3 is 0 Å². The second-order valence-electron chi connectivity index (χ2n) is 5.83. The zero-order valence-corrected chi connectivity index (χ0v) is 14.6. The molecule has 0 heterocycles. The number of carbonyl (C=O) groups is 1. The Balaban J connectivity index is 2.08. The van der Waals surface area contributed by atoms with E-state index in [-0.39, 0.29) is 5.41 Å². The number of hydrogen-bond acceptors (Lipinski definition) is 3. The van der Waals surface area contributed by atoms with E-state index in [1.807, 2.05) is 12.1 Å². The molecule has 1 aromatic carbocycles. The summed E-state index contributed by atoms with van der Waals surface area (Å²) in [6.07, 6.45) is 4.24. The van der Waals surface area contributed by atoms with Gasteiger partial charge in [0.1, 0.15) is 5.25 Å². The molecule has 0 radical (unpaired) electrons. The Kier molecular flexibility index (Phi) is 4.78. The molecule has 1 atom stereocenters. The molecule has 1 N–H and O–H groups in total. The first-order valence-corrected chi connectivity index (χ1v) is 9.72. The largest absolute Gasteiger partial charge is 0.354 e. The van der Waals surface area contributed by atoms with Crippen LogP contribution in [0, 0.1) is 0 Å². The van der Waals surface area contributed by atoms with E-state index >= 15 is 0 Å². The van der Waals surface area contributed by atoms with Gasteiger partial charge in [-0.25, -0.2) is 8.42 Å². The zero-order chi connectivity index (χ0) is 15.7. The molecule has 1 fully saturated rings. The van der Waals surface area contributed by atoms with Crippen LogP contribution >= 0.6 is 15.9 Å². The fraction of sp³-hybridized carbons (Fsp3) is 0.533. The van der Waals surface area contributed by atoms with Gasteiger partial charge in [-0.2, -0.15) is 0 Å². The third kappa shape index (κ3) is 3.66. The van der Waals surface area contributed by atoms with Gasteiger partial charge in [-0.1, -0.05) is 34.5 Å². The molecule has 0 aromatic heterocycles. The minimum Gasteiger partial charge on any atom is -0.354 e. The van der Waals surface area contributed by atoms with E-state index in [0.29, 0.717) is 6.54 Å². The number of nitrogens with one attached hydrogen (secondary N) is 1. The molecule has 2 rings (SSSR count). The summed E-state index contributed by atoms with van der Waals surface area (Å²) in [6, 6.07) is 8.10. The van der Waals surface area contributed by atoms with E-state index in [1.165, 1.54) is 12.5 Å². The van der Waals surface area contributed by atoms with E-state index in [0.717, 1.165) is 30.0 Å². The monoisotopic (exact) mass is 373 g/mol. The van der Waals surface area contributed by atoms with Crippen molar-refractivity contribution >= 4 is 31.7 Å². The molecule has 1 aromatic rings.